The lowest BCUT2D eigenvalue weighted by Gasteiger charge is -2.15. The molecule has 1 atom stereocenters. The Kier molecular flexibility index (Phi) is 8.67. The average molecular weight is 228 g/mol. The molecule has 0 saturated heterocycles. The van der Waals surface area contributed by atoms with Crippen molar-refractivity contribution in [2.75, 3.05) is 6.16 Å². The fourth-order valence-corrected chi connectivity index (χ4v) is 4.20. The van der Waals surface area contributed by atoms with Crippen molar-refractivity contribution in [3.8, 4) is 0 Å². The molecule has 1 heteroatoms. The summed E-state index contributed by atoms with van der Waals surface area (Å²) in [7, 11) is 1.28. The van der Waals surface area contributed by atoms with Gasteiger partial charge >= 0.3 is 0 Å². The highest BCUT2D eigenvalue weighted by Gasteiger charge is 2.09. The normalized spacial score (nSPS) is 21.4. The second-order valence-corrected chi connectivity index (χ2v) is 6.78. The number of hydrogen-bond acceptors (Lipinski definition) is 0. The summed E-state index contributed by atoms with van der Waals surface area (Å²) in [5.41, 5.74) is 1.11. The summed E-state index contributed by atoms with van der Waals surface area (Å²) < 4.78 is 0. The first-order valence-corrected chi connectivity index (χ1v) is 8.45. The SMILES string of the molecule is CCCCCPC1CCCCCCCC1. The third-order valence-electron chi connectivity index (χ3n) is 3.57. The molecular formula is C14H29P. The summed E-state index contributed by atoms with van der Waals surface area (Å²) in [6.45, 7) is 2.31. The van der Waals surface area contributed by atoms with Crippen molar-refractivity contribution in [3.05, 3.63) is 0 Å². The molecule has 1 rings (SSSR count). The third-order valence-corrected chi connectivity index (χ3v) is 5.37. The van der Waals surface area contributed by atoms with Crippen LogP contribution in [0, 0.1) is 0 Å². The molecule has 0 amide bonds. The van der Waals surface area contributed by atoms with Crippen LogP contribution in [-0.4, -0.2) is 11.8 Å². The Balaban J connectivity index is 2.07. The van der Waals surface area contributed by atoms with Gasteiger partial charge in [0, 0.05) is 0 Å². The first-order valence-electron chi connectivity index (χ1n) is 7.17. The van der Waals surface area contributed by atoms with E-state index < -0.39 is 0 Å². The maximum absolute atomic E-state index is 2.31. The number of hydrogen-bond donors (Lipinski definition) is 0. The second-order valence-electron chi connectivity index (χ2n) is 5.06. The molecule has 0 nitrogen and oxygen atoms in total. The molecule has 0 aromatic carbocycles. The molecule has 15 heavy (non-hydrogen) atoms. The molecule has 1 fully saturated rings. The van der Waals surface area contributed by atoms with Gasteiger partial charge in [-0.3, -0.25) is 0 Å². The van der Waals surface area contributed by atoms with Gasteiger partial charge in [0.25, 0.3) is 0 Å². The Morgan fingerprint density at radius 3 is 2.07 bits per heavy atom. The smallest absolute Gasteiger partial charge is 0.0237 e. The van der Waals surface area contributed by atoms with Crippen LogP contribution < -0.4 is 0 Å². The van der Waals surface area contributed by atoms with Crippen molar-refractivity contribution in [1.29, 1.82) is 0 Å². The summed E-state index contributed by atoms with van der Waals surface area (Å²) in [6.07, 6.45) is 18.0. The molecule has 0 N–H and O–H groups in total. The first kappa shape index (κ1) is 13.5. The lowest BCUT2D eigenvalue weighted by molar-refractivity contribution is 0.624. The highest BCUT2D eigenvalue weighted by Crippen LogP contribution is 2.31. The van der Waals surface area contributed by atoms with E-state index in [-0.39, 0.29) is 0 Å². The second kappa shape index (κ2) is 9.64. The maximum atomic E-state index is 2.31. The largest absolute Gasteiger partial charge is 0.119 e. The molecule has 0 radical (unpaired) electrons. The lowest BCUT2D eigenvalue weighted by Crippen LogP contribution is -2.01. The van der Waals surface area contributed by atoms with E-state index in [1.165, 1.54) is 72.5 Å². The molecule has 90 valence electrons. The van der Waals surface area contributed by atoms with Crippen LogP contribution in [0.15, 0.2) is 0 Å². The van der Waals surface area contributed by atoms with Gasteiger partial charge in [0.05, 0.1) is 0 Å². The topological polar surface area (TPSA) is 0 Å². The fraction of sp³-hybridized carbons (Fsp3) is 1.00. The molecule has 0 bridgehead atoms. The third kappa shape index (κ3) is 7.34. The monoisotopic (exact) mass is 228 g/mol. The van der Waals surface area contributed by atoms with E-state index in [4.69, 9.17) is 0 Å². The first-order chi connectivity index (χ1) is 7.43. The average Bonchev–Trinajstić information content (AvgIpc) is 2.38. The van der Waals surface area contributed by atoms with Crippen LogP contribution >= 0.6 is 8.58 Å². The summed E-state index contributed by atoms with van der Waals surface area (Å²) >= 11 is 0. The summed E-state index contributed by atoms with van der Waals surface area (Å²) in [5.74, 6) is 0. The maximum Gasteiger partial charge on any atom is -0.0237 e. The van der Waals surface area contributed by atoms with Crippen LogP contribution in [0.2, 0.25) is 0 Å². The summed E-state index contributed by atoms with van der Waals surface area (Å²) in [4.78, 5) is 0. The van der Waals surface area contributed by atoms with Gasteiger partial charge < -0.3 is 0 Å². The Morgan fingerprint density at radius 2 is 1.47 bits per heavy atom. The molecule has 1 aliphatic carbocycles. The van der Waals surface area contributed by atoms with E-state index >= 15 is 0 Å². The zero-order valence-electron chi connectivity index (χ0n) is 10.6. The molecule has 0 heterocycles. The van der Waals surface area contributed by atoms with Gasteiger partial charge in [-0.2, -0.15) is 0 Å². The van der Waals surface area contributed by atoms with Crippen LogP contribution in [0.25, 0.3) is 0 Å². The van der Waals surface area contributed by atoms with E-state index in [0.29, 0.717) is 0 Å². The predicted molar refractivity (Wildman–Crippen MR) is 73.4 cm³/mol. The van der Waals surface area contributed by atoms with Crippen molar-refractivity contribution in [1.82, 2.24) is 0 Å². The Morgan fingerprint density at radius 1 is 0.867 bits per heavy atom. The Labute approximate surface area is 98.4 Å². The van der Waals surface area contributed by atoms with Crippen molar-refractivity contribution in [3.63, 3.8) is 0 Å². The van der Waals surface area contributed by atoms with Crippen molar-refractivity contribution in [2.45, 2.75) is 83.2 Å². The van der Waals surface area contributed by atoms with E-state index in [1.807, 2.05) is 0 Å². The minimum absolute atomic E-state index is 1.11. The van der Waals surface area contributed by atoms with Gasteiger partial charge in [-0.05, 0) is 31.1 Å². The van der Waals surface area contributed by atoms with Gasteiger partial charge in [-0.15, -0.1) is 8.58 Å². The van der Waals surface area contributed by atoms with Crippen molar-refractivity contribution in [2.24, 2.45) is 0 Å². The van der Waals surface area contributed by atoms with E-state index in [2.05, 4.69) is 6.92 Å². The molecule has 1 saturated carbocycles. The number of rotatable bonds is 5. The number of unbranched alkanes of at least 4 members (excludes halogenated alkanes) is 2. The lowest BCUT2D eigenvalue weighted by atomic mass is 10.1. The standard InChI is InChI=1S/C14H29P/c1-2-3-10-13-15-14-11-8-6-4-5-7-9-12-14/h14-15H,2-13H2,1H3. The van der Waals surface area contributed by atoms with Crippen LogP contribution in [0.4, 0.5) is 0 Å². The molecule has 1 unspecified atom stereocenters. The van der Waals surface area contributed by atoms with Crippen molar-refractivity contribution >= 4 is 8.58 Å². The Hall–Kier alpha value is 0.430. The van der Waals surface area contributed by atoms with Crippen LogP contribution in [0.5, 0.6) is 0 Å². The van der Waals surface area contributed by atoms with E-state index in [0.717, 1.165) is 5.66 Å². The minimum atomic E-state index is 1.11. The van der Waals surface area contributed by atoms with E-state index in [1.54, 1.807) is 12.8 Å². The van der Waals surface area contributed by atoms with Crippen LogP contribution in [0.3, 0.4) is 0 Å². The molecule has 0 aromatic heterocycles. The fourth-order valence-electron chi connectivity index (χ4n) is 2.52. The zero-order chi connectivity index (χ0) is 10.8. The van der Waals surface area contributed by atoms with Gasteiger partial charge in [0.15, 0.2) is 0 Å². The summed E-state index contributed by atoms with van der Waals surface area (Å²) in [6, 6.07) is 0. The quantitative estimate of drug-likeness (QED) is 0.439. The molecule has 0 aromatic rings. The summed E-state index contributed by atoms with van der Waals surface area (Å²) in [5, 5.41) is 0. The molecule has 0 spiro atoms. The zero-order valence-corrected chi connectivity index (χ0v) is 11.6. The van der Waals surface area contributed by atoms with Gasteiger partial charge in [0.1, 0.15) is 0 Å². The van der Waals surface area contributed by atoms with Crippen LogP contribution in [-0.2, 0) is 0 Å². The molecule has 1 aliphatic rings. The minimum Gasteiger partial charge on any atom is -0.119 e. The van der Waals surface area contributed by atoms with Crippen molar-refractivity contribution < 1.29 is 0 Å². The van der Waals surface area contributed by atoms with Crippen LogP contribution in [0.1, 0.15) is 77.6 Å². The highest BCUT2D eigenvalue weighted by molar-refractivity contribution is 7.38. The van der Waals surface area contributed by atoms with Gasteiger partial charge in [-0.1, -0.05) is 58.3 Å². The Bertz CT molecular complexity index is 123. The highest BCUT2D eigenvalue weighted by atomic mass is 31.1. The predicted octanol–water partition coefficient (Wildman–Crippen LogP) is 5.36. The van der Waals surface area contributed by atoms with Gasteiger partial charge in [0.2, 0.25) is 0 Å². The molecular weight excluding hydrogens is 199 g/mol. The van der Waals surface area contributed by atoms with E-state index in [9.17, 15) is 0 Å². The molecule has 0 aliphatic heterocycles. The van der Waals surface area contributed by atoms with Gasteiger partial charge in [-0.25, -0.2) is 0 Å².